The van der Waals surface area contributed by atoms with Crippen LogP contribution in [0.25, 0.3) is 6.08 Å². The molecule has 6 heteroatoms. The van der Waals surface area contributed by atoms with E-state index >= 15 is 0 Å². The zero-order valence-corrected chi connectivity index (χ0v) is 13.2. The number of ether oxygens (including phenoxy) is 1. The Kier molecular flexibility index (Phi) is 5.84. The molecule has 6 nitrogen and oxygen atoms in total. The number of allylic oxidation sites excluding steroid dienone is 2. The number of hydrogen-bond donors (Lipinski definition) is 3. The first kappa shape index (κ1) is 17.7. The fraction of sp³-hybridized carbons (Fsp3) is 0. The maximum atomic E-state index is 12.1. The number of benzene rings is 2. The van der Waals surface area contributed by atoms with Gasteiger partial charge in [-0.1, -0.05) is 30.4 Å². The number of amidine groups is 1. The molecule has 2 aromatic rings. The highest BCUT2D eigenvalue weighted by Crippen LogP contribution is 2.15. The van der Waals surface area contributed by atoms with E-state index in [-0.39, 0.29) is 5.84 Å². The Labute approximate surface area is 144 Å². The van der Waals surface area contributed by atoms with Crippen molar-refractivity contribution in [1.29, 1.82) is 5.41 Å². The molecule has 0 fully saturated rings. The number of nitrogen functional groups attached to an aromatic ring is 1. The van der Waals surface area contributed by atoms with Crippen molar-refractivity contribution >= 4 is 23.9 Å². The summed E-state index contributed by atoms with van der Waals surface area (Å²) < 4.78 is 5.26. The van der Waals surface area contributed by atoms with E-state index in [0.29, 0.717) is 16.9 Å². The first-order valence-electron chi connectivity index (χ1n) is 7.30. The van der Waals surface area contributed by atoms with Gasteiger partial charge in [-0.05, 0) is 42.0 Å². The van der Waals surface area contributed by atoms with E-state index in [9.17, 15) is 9.59 Å². The van der Waals surface area contributed by atoms with Gasteiger partial charge in [0.25, 0.3) is 0 Å². The fourth-order valence-corrected chi connectivity index (χ4v) is 1.90. The minimum absolute atomic E-state index is 0.0558. The van der Waals surface area contributed by atoms with Crippen LogP contribution >= 0.6 is 0 Å². The van der Waals surface area contributed by atoms with Crippen molar-refractivity contribution < 1.29 is 19.4 Å². The van der Waals surface area contributed by atoms with Gasteiger partial charge in [-0.15, -0.1) is 0 Å². The molecule has 0 unspecified atom stereocenters. The molecule has 0 saturated carbocycles. The molecule has 0 spiro atoms. The van der Waals surface area contributed by atoms with E-state index in [0.717, 1.165) is 11.6 Å². The van der Waals surface area contributed by atoms with Gasteiger partial charge in [0.1, 0.15) is 11.6 Å². The zero-order valence-electron chi connectivity index (χ0n) is 13.2. The number of carboxylic acid groups (broad SMARTS) is 1. The first-order chi connectivity index (χ1) is 12.0. The molecule has 25 heavy (non-hydrogen) atoms. The van der Waals surface area contributed by atoms with Crippen molar-refractivity contribution in [3.8, 4) is 5.75 Å². The van der Waals surface area contributed by atoms with Crippen LogP contribution in [-0.2, 0) is 4.79 Å². The first-order valence-corrected chi connectivity index (χ1v) is 7.30. The molecule has 2 aromatic carbocycles. The molecule has 2 rings (SSSR count). The van der Waals surface area contributed by atoms with Crippen LogP contribution in [0.5, 0.6) is 5.75 Å². The van der Waals surface area contributed by atoms with E-state index in [4.69, 9.17) is 21.0 Å². The molecule has 126 valence electrons. The summed E-state index contributed by atoms with van der Waals surface area (Å²) >= 11 is 0. The Bertz CT molecular complexity index is 835. The van der Waals surface area contributed by atoms with Crippen LogP contribution in [0.1, 0.15) is 21.5 Å². The van der Waals surface area contributed by atoms with Gasteiger partial charge in [0, 0.05) is 11.6 Å². The maximum absolute atomic E-state index is 12.1. The molecular weight excluding hydrogens is 320 g/mol. The van der Waals surface area contributed by atoms with E-state index in [1.54, 1.807) is 60.7 Å². The summed E-state index contributed by atoms with van der Waals surface area (Å²) in [5.74, 6) is -1.21. The number of carboxylic acids is 1. The highest BCUT2D eigenvalue weighted by molar-refractivity contribution is 5.95. The molecule has 0 saturated heterocycles. The predicted octanol–water partition coefficient (Wildman–Crippen LogP) is 2.84. The number of nitrogens with one attached hydrogen (secondary N) is 1. The highest BCUT2D eigenvalue weighted by Gasteiger charge is 2.08. The molecule has 4 N–H and O–H groups in total. The molecule has 0 radical (unpaired) electrons. The van der Waals surface area contributed by atoms with Crippen molar-refractivity contribution in [1.82, 2.24) is 0 Å². The smallest absolute Gasteiger partial charge is 0.343 e. The van der Waals surface area contributed by atoms with Crippen molar-refractivity contribution in [3.05, 3.63) is 83.4 Å². The summed E-state index contributed by atoms with van der Waals surface area (Å²) in [7, 11) is 0. The van der Waals surface area contributed by atoms with Crippen LogP contribution in [0, 0.1) is 5.41 Å². The predicted molar refractivity (Wildman–Crippen MR) is 94.7 cm³/mol. The summed E-state index contributed by atoms with van der Waals surface area (Å²) in [4.78, 5) is 22.4. The summed E-state index contributed by atoms with van der Waals surface area (Å²) in [6.07, 6.45) is 5.75. The van der Waals surface area contributed by atoms with Crippen molar-refractivity contribution in [2.45, 2.75) is 0 Å². The van der Waals surface area contributed by atoms with E-state index in [2.05, 4.69) is 0 Å². The van der Waals surface area contributed by atoms with Gasteiger partial charge in [-0.2, -0.15) is 0 Å². The van der Waals surface area contributed by atoms with Gasteiger partial charge in [-0.3, -0.25) is 5.41 Å². The van der Waals surface area contributed by atoms with E-state index in [1.807, 2.05) is 0 Å². The normalized spacial score (nSPS) is 10.9. The quantitative estimate of drug-likeness (QED) is 0.187. The van der Waals surface area contributed by atoms with Gasteiger partial charge in [-0.25, -0.2) is 9.59 Å². The monoisotopic (exact) mass is 336 g/mol. The molecular formula is C19H16N2O4. The Morgan fingerprint density at radius 3 is 2.12 bits per heavy atom. The molecule has 0 atom stereocenters. The average molecular weight is 336 g/mol. The number of nitrogens with two attached hydrogens (primary N) is 1. The lowest BCUT2D eigenvalue weighted by atomic mass is 10.1. The maximum Gasteiger partial charge on any atom is 0.343 e. The van der Waals surface area contributed by atoms with Crippen molar-refractivity contribution in [2.75, 3.05) is 0 Å². The Hall–Kier alpha value is -3.67. The third-order valence-corrected chi connectivity index (χ3v) is 3.16. The third-order valence-electron chi connectivity index (χ3n) is 3.16. The molecule has 0 aliphatic carbocycles. The lowest BCUT2D eigenvalue weighted by Crippen LogP contribution is -2.11. The van der Waals surface area contributed by atoms with E-state index in [1.165, 1.54) is 6.08 Å². The second-order valence-electron chi connectivity index (χ2n) is 5.01. The Morgan fingerprint density at radius 2 is 1.56 bits per heavy atom. The molecule has 0 aliphatic heterocycles. The number of carbonyl (C=O) groups is 2. The van der Waals surface area contributed by atoms with E-state index < -0.39 is 11.9 Å². The Morgan fingerprint density at radius 1 is 0.960 bits per heavy atom. The summed E-state index contributed by atoms with van der Waals surface area (Å²) in [6.45, 7) is 0. The number of rotatable bonds is 6. The third kappa shape index (κ3) is 5.47. The highest BCUT2D eigenvalue weighted by atomic mass is 16.5. The van der Waals surface area contributed by atoms with Crippen LogP contribution in [0.2, 0.25) is 0 Å². The van der Waals surface area contributed by atoms with Crippen LogP contribution in [0.4, 0.5) is 0 Å². The minimum Gasteiger partial charge on any atom is -0.478 e. The second-order valence-corrected chi connectivity index (χ2v) is 5.01. The molecule has 0 aliphatic rings. The van der Waals surface area contributed by atoms with Crippen LogP contribution in [0.15, 0.2) is 66.8 Å². The number of esters is 1. The van der Waals surface area contributed by atoms with Crippen molar-refractivity contribution in [3.63, 3.8) is 0 Å². The zero-order chi connectivity index (χ0) is 18.2. The lowest BCUT2D eigenvalue weighted by molar-refractivity contribution is -0.131. The van der Waals surface area contributed by atoms with Gasteiger partial charge < -0.3 is 15.6 Å². The topological polar surface area (TPSA) is 113 Å². The van der Waals surface area contributed by atoms with Crippen LogP contribution in [-0.4, -0.2) is 22.9 Å². The molecule has 0 amide bonds. The van der Waals surface area contributed by atoms with Crippen molar-refractivity contribution in [2.24, 2.45) is 5.73 Å². The lowest BCUT2D eigenvalue weighted by Gasteiger charge is -2.05. The van der Waals surface area contributed by atoms with Crippen LogP contribution < -0.4 is 10.5 Å². The SMILES string of the molecule is N=C(N)c1ccc(OC(=O)c2ccc(/C=C/C=C/C(=O)O)cc2)cc1. The number of hydrogen-bond acceptors (Lipinski definition) is 4. The van der Waals surface area contributed by atoms with Gasteiger partial charge >= 0.3 is 11.9 Å². The molecule has 0 aromatic heterocycles. The van der Waals surface area contributed by atoms with Crippen LogP contribution in [0.3, 0.4) is 0 Å². The summed E-state index contributed by atoms with van der Waals surface area (Å²) in [5.41, 5.74) is 7.11. The van der Waals surface area contributed by atoms with Gasteiger partial charge in [0.05, 0.1) is 5.56 Å². The fourth-order valence-electron chi connectivity index (χ4n) is 1.90. The molecule has 0 heterocycles. The summed E-state index contributed by atoms with van der Waals surface area (Å²) in [6, 6.07) is 13.0. The minimum atomic E-state index is -1.01. The standard InChI is InChI=1S/C19H16N2O4/c20-18(21)14-9-11-16(12-10-14)25-19(24)15-7-5-13(6-8-15)3-1-2-4-17(22)23/h1-12H,(H3,20,21)(H,22,23)/b3-1+,4-2+. The van der Waals surface area contributed by atoms with Gasteiger partial charge in [0.2, 0.25) is 0 Å². The average Bonchev–Trinajstić information content (AvgIpc) is 2.59. The second kappa shape index (κ2) is 8.26. The van der Waals surface area contributed by atoms with Gasteiger partial charge in [0.15, 0.2) is 0 Å². The summed E-state index contributed by atoms with van der Waals surface area (Å²) in [5, 5.41) is 15.8. The Balaban J connectivity index is 2.00. The number of carbonyl (C=O) groups excluding carboxylic acids is 1. The number of aliphatic carboxylic acids is 1. The molecule has 0 bridgehead atoms. The largest absolute Gasteiger partial charge is 0.478 e.